The van der Waals surface area contributed by atoms with Gasteiger partial charge in [-0.3, -0.25) is 9.69 Å². The summed E-state index contributed by atoms with van der Waals surface area (Å²) >= 11 is 0. The molecule has 0 aliphatic carbocycles. The lowest BCUT2D eigenvalue weighted by Gasteiger charge is -2.25. The second kappa shape index (κ2) is 7.04. The van der Waals surface area contributed by atoms with Gasteiger partial charge in [-0.1, -0.05) is 18.2 Å². The number of methoxy groups -OCH3 is 1. The van der Waals surface area contributed by atoms with Gasteiger partial charge >= 0.3 is 12.0 Å². The number of imide groups is 1. The summed E-state index contributed by atoms with van der Waals surface area (Å²) in [5.41, 5.74) is 0. The predicted octanol–water partition coefficient (Wildman–Crippen LogP) is -0.0669. The maximum Gasteiger partial charge on any atom is 0.330 e. The zero-order valence-corrected chi connectivity index (χ0v) is 14.9. The molecule has 9 nitrogen and oxygen atoms in total. The number of benzene rings is 1. The Kier molecular flexibility index (Phi) is 4.97. The van der Waals surface area contributed by atoms with Crippen LogP contribution in [0.1, 0.15) is 12.8 Å². The first-order valence-electron chi connectivity index (χ1n) is 8.13. The molecule has 0 unspecified atom stereocenters. The second-order valence-electron chi connectivity index (χ2n) is 6.06. The molecule has 3 rings (SSSR count). The summed E-state index contributed by atoms with van der Waals surface area (Å²) in [4.78, 5) is 37.4. The molecule has 2 fully saturated rings. The number of rotatable bonds is 4. The molecule has 0 bridgehead atoms. The molecule has 2 saturated heterocycles. The third kappa shape index (κ3) is 3.17. The van der Waals surface area contributed by atoms with Crippen molar-refractivity contribution in [2.75, 3.05) is 20.2 Å². The van der Waals surface area contributed by atoms with Crippen molar-refractivity contribution in [2.24, 2.45) is 0 Å². The standard InChI is InChI=1S/C16H19N3O6S/c1-25-15(21)12-10-18(16(22)17-12)14(20)13-8-5-9-19(13)26(23,24)11-6-3-2-4-7-11/h2-4,6-7,12-13H,5,8-10H2,1H3,(H,17,22)/t12-,13-/m0/s1. The summed E-state index contributed by atoms with van der Waals surface area (Å²) in [7, 11) is -2.67. The number of amides is 3. The molecule has 2 atom stereocenters. The van der Waals surface area contributed by atoms with Gasteiger partial charge in [-0.2, -0.15) is 4.31 Å². The maximum absolute atomic E-state index is 12.8. The molecule has 1 aromatic rings. The van der Waals surface area contributed by atoms with Crippen LogP contribution in [0.15, 0.2) is 35.2 Å². The Hall–Kier alpha value is -2.46. The molecule has 140 valence electrons. The quantitative estimate of drug-likeness (QED) is 0.731. The summed E-state index contributed by atoms with van der Waals surface area (Å²) in [5.74, 6) is -1.29. The Morgan fingerprint density at radius 1 is 1.23 bits per heavy atom. The summed E-state index contributed by atoms with van der Waals surface area (Å²) in [6, 6.07) is 5.20. The molecular formula is C16H19N3O6S. The molecule has 1 N–H and O–H groups in total. The first kappa shape index (κ1) is 18.3. The third-order valence-corrected chi connectivity index (χ3v) is 6.42. The SMILES string of the molecule is COC(=O)[C@@H]1CN(C(=O)[C@@H]2CCCN2S(=O)(=O)c2ccccc2)C(=O)N1. The first-order chi connectivity index (χ1) is 12.4. The fourth-order valence-electron chi connectivity index (χ4n) is 3.19. The van der Waals surface area contributed by atoms with Crippen molar-refractivity contribution in [3.05, 3.63) is 30.3 Å². The van der Waals surface area contributed by atoms with Gasteiger partial charge in [-0.05, 0) is 25.0 Å². The number of sulfonamides is 1. The number of hydrogen-bond acceptors (Lipinski definition) is 6. The third-order valence-electron chi connectivity index (χ3n) is 4.50. The largest absolute Gasteiger partial charge is 0.467 e. The average molecular weight is 381 g/mol. The minimum Gasteiger partial charge on any atom is -0.467 e. The van der Waals surface area contributed by atoms with Crippen molar-refractivity contribution in [1.29, 1.82) is 0 Å². The fraction of sp³-hybridized carbons (Fsp3) is 0.438. The van der Waals surface area contributed by atoms with Crippen LogP contribution in [0.2, 0.25) is 0 Å². The lowest BCUT2D eigenvalue weighted by atomic mass is 10.2. The highest BCUT2D eigenvalue weighted by molar-refractivity contribution is 7.89. The molecule has 0 spiro atoms. The summed E-state index contributed by atoms with van der Waals surface area (Å²) in [5, 5.41) is 2.37. The molecule has 0 radical (unpaired) electrons. The highest BCUT2D eigenvalue weighted by Gasteiger charge is 2.46. The molecule has 10 heteroatoms. The van der Waals surface area contributed by atoms with Gasteiger partial charge in [0.05, 0.1) is 18.6 Å². The Morgan fingerprint density at radius 2 is 1.92 bits per heavy atom. The van der Waals surface area contributed by atoms with Crippen molar-refractivity contribution in [3.8, 4) is 0 Å². The molecular weight excluding hydrogens is 362 g/mol. The van der Waals surface area contributed by atoms with E-state index in [4.69, 9.17) is 0 Å². The van der Waals surface area contributed by atoms with Crippen LogP contribution in [0.3, 0.4) is 0 Å². The van der Waals surface area contributed by atoms with Gasteiger partial charge in [0.15, 0.2) is 0 Å². The van der Waals surface area contributed by atoms with Crippen LogP contribution in [-0.2, 0) is 24.3 Å². The van der Waals surface area contributed by atoms with E-state index in [1.54, 1.807) is 18.2 Å². The van der Waals surface area contributed by atoms with Crippen LogP contribution < -0.4 is 5.32 Å². The van der Waals surface area contributed by atoms with Crippen molar-refractivity contribution in [2.45, 2.75) is 29.8 Å². The van der Waals surface area contributed by atoms with Crippen molar-refractivity contribution in [1.82, 2.24) is 14.5 Å². The van der Waals surface area contributed by atoms with Crippen LogP contribution in [0.5, 0.6) is 0 Å². The van der Waals surface area contributed by atoms with E-state index in [1.165, 1.54) is 19.2 Å². The number of hydrogen-bond donors (Lipinski definition) is 1. The topological polar surface area (TPSA) is 113 Å². The minimum absolute atomic E-state index is 0.0954. The lowest BCUT2D eigenvalue weighted by molar-refractivity contribution is -0.142. The second-order valence-corrected chi connectivity index (χ2v) is 7.95. The Balaban J connectivity index is 1.81. The predicted molar refractivity (Wildman–Crippen MR) is 89.4 cm³/mol. The van der Waals surface area contributed by atoms with Crippen molar-refractivity contribution >= 4 is 27.9 Å². The monoisotopic (exact) mass is 381 g/mol. The summed E-state index contributed by atoms with van der Waals surface area (Å²) in [6.45, 7) is 0.0174. The van der Waals surface area contributed by atoms with E-state index in [9.17, 15) is 22.8 Å². The lowest BCUT2D eigenvalue weighted by Crippen LogP contribution is -2.48. The van der Waals surface area contributed by atoms with Crippen LogP contribution in [-0.4, -0.2) is 67.8 Å². The first-order valence-corrected chi connectivity index (χ1v) is 9.57. The van der Waals surface area contributed by atoms with Crippen LogP contribution in [0.25, 0.3) is 0 Å². The molecule has 2 aliphatic heterocycles. The van der Waals surface area contributed by atoms with Gasteiger partial charge in [-0.25, -0.2) is 18.0 Å². The Bertz CT molecular complexity index is 826. The average Bonchev–Trinajstić information content (AvgIpc) is 3.28. The smallest absolute Gasteiger partial charge is 0.330 e. The fourth-order valence-corrected chi connectivity index (χ4v) is 4.86. The van der Waals surface area contributed by atoms with Crippen LogP contribution >= 0.6 is 0 Å². The Labute approximate surface area is 150 Å². The number of urea groups is 1. The number of ether oxygens (including phenoxy) is 1. The van der Waals surface area contributed by atoms with Gasteiger partial charge in [0.1, 0.15) is 12.1 Å². The zero-order valence-electron chi connectivity index (χ0n) is 14.1. The van der Waals surface area contributed by atoms with E-state index >= 15 is 0 Å². The van der Waals surface area contributed by atoms with Gasteiger partial charge in [0, 0.05) is 6.54 Å². The maximum atomic E-state index is 12.8. The summed E-state index contributed by atoms with van der Waals surface area (Å²) < 4.78 is 31.4. The van der Waals surface area contributed by atoms with E-state index in [0.29, 0.717) is 12.8 Å². The number of carbonyl (C=O) groups excluding carboxylic acids is 3. The molecule has 0 saturated carbocycles. The number of esters is 1. The summed E-state index contributed by atoms with van der Waals surface area (Å²) in [6.07, 6.45) is 0.829. The molecule has 2 aliphatic rings. The Morgan fingerprint density at radius 3 is 2.58 bits per heavy atom. The highest BCUT2D eigenvalue weighted by atomic mass is 32.2. The highest BCUT2D eigenvalue weighted by Crippen LogP contribution is 2.27. The van der Waals surface area contributed by atoms with E-state index in [1.807, 2.05) is 0 Å². The molecule has 26 heavy (non-hydrogen) atoms. The molecule has 1 aromatic carbocycles. The van der Waals surface area contributed by atoms with Gasteiger partial charge in [0.25, 0.3) is 0 Å². The molecule has 0 aromatic heterocycles. The normalized spacial score (nSPS) is 23.7. The van der Waals surface area contributed by atoms with Gasteiger partial charge in [0.2, 0.25) is 15.9 Å². The molecule has 2 heterocycles. The minimum atomic E-state index is -3.85. The number of nitrogens with one attached hydrogen (secondary N) is 1. The van der Waals surface area contributed by atoms with Gasteiger partial charge < -0.3 is 10.1 Å². The van der Waals surface area contributed by atoms with E-state index in [2.05, 4.69) is 10.1 Å². The number of carbonyl (C=O) groups is 3. The van der Waals surface area contributed by atoms with Crippen LogP contribution in [0, 0.1) is 0 Å². The number of nitrogens with zero attached hydrogens (tertiary/aromatic N) is 2. The van der Waals surface area contributed by atoms with Crippen molar-refractivity contribution < 1.29 is 27.5 Å². The van der Waals surface area contributed by atoms with E-state index < -0.39 is 40.0 Å². The van der Waals surface area contributed by atoms with E-state index in [0.717, 1.165) is 9.21 Å². The van der Waals surface area contributed by atoms with E-state index in [-0.39, 0.29) is 18.0 Å². The zero-order chi connectivity index (χ0) is 18.9. The van der Waals surface area contributed by atoms with Crippen LogP contribution in [0.4, 0.5) is 4.79 Å². The molecule has 3 amide bonds. The van der Waals surface area contributed by atoms with Gasteiger partial charge in [-0.15, -0.1) is 0 Å². The van der Waals surface area contributed by atoms with Crippen molar-refractivity contribution in [3.63, 3.8) is 0 Å².